The van der Waals surface area contributed by atoms with Gasteiger partial charge in [0.25, 0.3) is 0 Å². The molecule has 2 N–H and O–H groups in total. The van der Waals surface area contributed by atoms with Gasteiger partial charge in [-0.2, -0.15) is 5.26 Å². The fourth-order valence-corrected chi connectivity index (χ4v) is 4.36. The highest BCUT2D eigenvalue weighted by Crippen LogP contribution is 2.44. The van der Waals surface area contributed by atoms with E-state index in [0.29, 0.717) is 30.0 Å². The van der Waals surface area contributed by atoms with Crippen LogP contribution >= 0.6 is 15.9 Å². The van der Waals surface area contributed by atoms with E-state index in [9.17, 15) is 10.1 Å². The molecule has 0 unspecified atom stereocenters. The summed E-state index contributed by atoms with van der Waals surface area (Å²) in [6, 6.07) is 17.8. The lowest BCUT2D eigenvalue weighted by Crippen LogP contribution is -2.36. The zero-order chi connectivity index (χ0) is 21.3. The molecule has 0 aromatic heterocycles. The Hall–Kier alpha value is -3.04. The summed E-state index contributed by atoms with van der Waals surface area (Å²) in [6.07, 6.45) is 2.12. The van der Waals surface area contributed by atoms with Gasteiger partial charge >= 0.3 is 0 Å². The Morgan fingerprint density at radius 2 is 1.87 bits per heavy atom. The smallest absolute Gasteiger partial charge is 0.161 e. The molecule has 30 heavy (non-hydrogen) atoms. The first-order chi connectivity index (χ1) is 14.5. The first-order valence-electron chi connectivity index (χ1n) is 9.86. The normalized spacial score (nSPS) is 18.9. The third-order valence-electron chi connectivity index (χ3n) is 5.70. The van der Waals surface area contributed by atoms with Crippen molar-refractivity contribution in [3.8, 4) is 11.8 Å². The Labute approximate surface area is 184 Å². The molecule has 1 atom stereocenters. The summed E-state index contributed by atoms with van der Waals surface area (Å²) in [6.45, 7) is 0.463. The molecule has 0 spiro atoms. The summed E-state index contributed by atoms with van der Waals surface area (Å²) in [7, 11) is 1.83. The highest BCUT2D eigenvalue weighted by molar-refractivity contribution is 9.10. The molecule has 1 aliphatic carbocycles. The molecule has 6 heteroatoms. The number of carbonyl (C=O) groups excluding carboxylic acids is 1. The number of rotatable bonds is 4. The number of benzene rings is 2. The molecule has 2 aromatic rings. The van der Waals surface area contributed by atoms with Crippen molar-refractivity contribution in [2.24, 2.45) is 5.73 Å². The van der Waals surface area contributed by atoms with Crippen molar-refractivity contribution in [2.75, 3.05) is 7.05 Å². The second kappa shape index (κ2) is 8.37. The van der Waals surface area contributed by atoms with Gasteiger partial charge in [-0.05, 0) is 48.2 Å². The predicted octanol–water partition coefficient (Wildman–Crippen LogP) is 4.76. The van der Waals surface area contributed by atoms with E-state index in [1.807, 2.05) is 55.6 Å². The second-order valence-electron chi connectivity index (χ2n) is 7.52. The lowest BCUT2D eigenvalue weighted by molar-refractivity contribution is -0.116. The number of nitrogens with zero attached hydrogens (tertiary/aromatic N) is 2. The van der Waals surface area contributed by atoms with Crippen molar-refractivity contribution in [2.45, 2.75) is 31.8 Å². The minimum atomic E-state index is -0.422. The Morgan fingerprint density at radius 1 is 1.17 bits per heavy atom. The average molecular weight is 464 g/mol. The summed E-state index contributed by atoms with van der Waals surface area (Å²) in [5, 5.41) is 9.80. The van der Waals surface area contributed by atoms with Crippen LogP contribution in [0.25, 0.3) is 0 Å². The lowest BCUT2D eigenvalue weighted by atomic mass is 9.76. The fraction of sp³-hybridized carbons (Fsp3) is 0.250. The Kier molecular flexibility index (Phi) is 5.65. The van der Waals surface area contributed by atoms with Crippen molar-refractivity contribution < 1.29 is 9.53 Å². The predicted molar refractivity (Wildman–Crippen MR) is 118 cm³/mol. The van der Waals surface area contributed by atoms with Gasteiger partial charge in [-0.3, -0.25) is 4.79 Å². The number of allylic oxidation sites excluding steroid dienone is 3. The van der Waals surface area contributed by atoms with E-state index in [2.05, 4.69) is 22.0 Å². The monoisotopic (exact) mass is 463 g/mol. The third kappa shape index (κ3) is 3.73. The number of hydrogen-bond donors (Lipinski definition) is 1. The van der Waals surface area contributed by atoms with Crippen LogP contribution < -0.4 is 10.5 Å². The standard InChI is InChI=1S/C24H22BrN3O2/c1-28-20-3-2-4-21(29)23(20)22(19(13-26)24(28)27)16-7-11-18(12-8-16)30-14-15-5-9-17(25)10-6-15/h5-12,22H,2-4,14,27H2,1H3/t22-/m0/s1. The van der Waals surface area contributed by atoms with Crippen LogP contribution in [0.3, 0.4) is 0 Å². The van der Waals surface area contributed by atoms with E-state index < -0.39 is 5.92 Å². The molecule has 2 aliphatic rings. The molecule has 0 amide bonds. The van der Waals surface area contributed by atoms with Gasteiger partial charge in [-0.25, -0.2) is 0 Å². The summed E-state index contributed by atoms with van der Waals surface area (Å²) >= 11 is 3.43. The first kappa shape index (κ1) is 20.2. The molecule has 5 nitrogen and oxygen atoms in total. The molecule has 1 heterocycles. The number of ether oxygens (including phenoxy) is 1. The van der Waals surface area contributed by atoms with Gasteiger partial charge in [0, 0.05) is 29.2 Å². The van der Waals surface area contributed by atoms with E-state index in [0.717, 1.165) is 39.9 Å². The van der Waals surface area contributed by atoms with Gasteiger partial charge < -0.3 is 15.4 Å². The minimum Gasteiger partial charge on any atom is -0.489 e. The molecule has 4 rings (SSSR count). The van der Waals surface area contributed by atoms with Gasteiger partial charge in [0.1, 0.15) is 18.2 Å². The average Bonchev–Trinajstić information content (AvgIpc) is 2.76. The Bertz CT molecular complexity index is 1080. The number of Topliss-reactive ketones (excluding diaryl/α,β-unsaturated/α-hetero) is 1. The van der Waals surface area contributed by atoms with Gasteiger partial charge in [0.05, 0.1) is 17.6 Å². The van der Waals surface area contributed by atoms with Crippen LogP contribution in [0.15, 0.2) is 75.7 Å². The maximum absolute atomic E-state index is 12.8. The fourth-order valence-electron chi connectivity index (χ4n) is 4.10. The van der Waals surface area contributed by atoms with Crippen LogP contribution in [-0.2, 0) is 11.4 Å². The number of nitriles is 1. The summed E-state index contributed by atoms with van der Waals surface area (Å²) in [5.41, 5.74) is 10.3. The zero-order valence-electron chi connectivity index (χ0n) is 16.7. The van der Waals surface area contributed by atoms with E-state index in [1.165, 1.54) is 0 Å². The van der Waals surface area contributed by atoms with Gasteiger partial charge in [0.2, 0.25) is 0 Å². The number of ketones is 1. The van der Waals surface area contributed by atoms with Crippen LogP contribution in [0.5, 0.6) is 5.75 Å². The zero-order valence-corrected chi connectivity index (χ0v) is 18.3. The van der Waals surface area contributed by atoms with E-state index >= 15 is 0 Å². The molecule has 1 aliphatic heterocycles. The maximum Gasteiger partial charge on any atom is 0.161 e. The Balaban J connectivity index is 1.61. The highest BCUT2D eigenvalue weighted by Gasteiger charge is 2.38. The molecule has 0 fully saturated rings. The molecule has 2 aromatic carbocycles. The number of halogens is 1. The van der Waals surface area contributed by atoms with Crippen LogP contribution in [0.1, 0.15) is 36.3 Å². The topological polar surface area (TPSA) is 79.3 Å². The van der Waals surface area contributed by atoms with Crippen LogP contribution in [0, 0.1) is 11.3 Å². The summed E-state index contributed by atoms with van der Waals surface area (Å²) in [4.78, 5) is 14.6. The number of hydrogen-bond acceptors (Lipinski definition) is 5. The molecule has 152 valence electrons. The molecule has 0 saturated carbocycles. The molecule has 0 radical (unpaired) electrons. The van der Waals surface area contributed by atoms with E-state index in [-0.39, 0.29) is 5.78 Å². The van der Waals surface area contributed by atoms with Crippen molar-refractivity contribution >= 4 is 21.7 Å². The largest absolute Gasteiger partial charge is 0.489 e. The van der Waals surface area contributed by atoms with Gasteiger partial charge in [-0.15, -0.1) is 0 Å². The maximum atomic E-state index is 12.8. The van der Waals surface area contributed by atoms with E-state index in [1.54, 1.807) is 4.90 Å². The molecular formula is C24H22BrN3O2. The van der Waals surface area contributed by atoms with Gasteiger partial charge in [-0.1, -0.05) is 40.2 Å². The lowest BCUT2D eigenvalue weighted by Gasteiger charge is -2.37. The second-order valence-corrected chi connectivity index (χ2v) is 8.44. The molecule has 0 saturated heterocycles. The van der Waals surface area contributed by atoms with Gasteiger partial charge in [0.15, 0.2) is 5.78 Å². The number of nitrogens with two attached hydrogens (primary N) is 1. The summed E-state index contributed by atoms with van der Waals surface area (Å²) < 4.78 is 6.92. The van der Waals surface area contributed by atoms with Crippen molar-refractivity contribution in [3.63, 3.8) is 0 Å². The summed E-state index contributed by atoms with van der Waals surface area (Å²) in [5.74, 6) is 0.833. The van der Waals surface area contributed by atoms with Crippen molar-refractivity contribution in [3.05, 3.63) is 86.8 Å². The van der Waals surface area contributed by atoms with Crippen LogP contribution in [0.2, 0.25) is 0 Å². The van der Waals surface area contributed by atoms with Crippen molar-refractivity contribution in [1.82, 2.24) is 4.90 Å². The third-order valence-corrected chi connectivity index (χ3v) is 6.23. The molecule has 0 bridgehead atoms. The quantitative estimate of drug-likeness (QED) is 0.706. The van der Waals surface area contributed by atoms with E-state index in [4.69, 9.17) is 10.5 Å². The number of carbonyl (C=O) groups is 1. The van der Waals surface area contributed by atoms with Crippen molar-refractivity contribution in [1.29, 1.82) is 5.26 Å². The highest BCUT2D eigenvalue weighted by atomic mass is 79.9. The first-order valence-corrected chi connectivity index (χ1v) is 10.7. The van der Waals surface area contributed by atoms with Crippen LogP contribution in [-0.4, -0.2) is 17.7 Å². The molecular weight excluding hydrogens is 442 g/mol. The van der Waals surface area contributed by atoms with Crippen LogP contribution in [0.4, 0.5) is 0 Å². The Morgan fingerprint density at radius 3 is 2.53 bits per heavy atom. The SMILES string of the molecule is CN1C(N)=C(C#N)[C@H](c2ccc(OCc3ccc(Br)cc3)cc2)C2=C1CCCC2=O. The minimum absolute atomic E-state index is 0.101.